The van der Waals surface area contributed by atoms with Gasteiger partial charge in [0.1, 0.15) is 5.69 Å². The Morgan fingerprint density at radius 2 is 1.50 bits per heavy atom. The van der Waals surface area contributed by atoms with E-state index in [-0.39, 0.29) is 6.61 Å². The molecule has 0 bridgehead atoms. The predicted molar refractivity (Wildman–Crippen MR) is 103 cm³/mol. The second-order valence-corrected chi connectivity index (χ2v) is 4.62. The van der Waals surface area contributed by atoms with Gasteiger partial charge in [0.25, 0.3) is 0 Å². The first-order valence-corrected chi connectivity index (χ1v) is 9.14. The van der Waals surface area contributed by atoms with Gasteiger partial charge in [-0.05, 0) is 38.0 Å². The number of aromatic nitrogens is 3. The summed E-state index contributed by atoms with van der Waals surface area (Å²) in [6, 6.07) is 8.28. The maximum Gasteiger partial charge on any atom is 0.158 e. The number of benzene rings is 1. The molecule has 0 saturated heterocycles. The van der Waals surface area contributed by atoms with E-state index in [0.717, 1.165) is 31.0 Å². The van der Waals surface area contributed by atoms with Gasteiger partial charge in [0.05, 0.1) is 12.3 Å². The molecule has 24 heavy (non-hydrogen) atoms. The summed E-state index contributed by atoms with van der Waals surface area (Å²) in [4.78, 5) is 2.15. The van der Waals surface area contributed by atoms with Gasteiger partial charge in [0.2, 0.25) is 0 Å². The van der Waals surface area contributed by atoms with E-state index in [1.165, 1.54) is 5.56 Å². The van der Waals surface area contributed by atoms with E-state index in [1.54, 1.807) is 4.68 Å². The zero-order valence-corrected chi connectivity index (χ0v) is 16.4. The molecule has 0 fully saturated rings. The second kappa shape index (κ2) is 12.5. The number of hydrogen-bond acceptors (Lipinski definition) is 4. The van der Waals surface area contributed by atoms with Crippen LogP contribution in [0, 0.1) is 0 Å². The predicted octanol–water partition coefficient (Wildman–Crippen LogP) is 4.22. The van der Waals surface area contributed by atoms with Gasteiger partial charge in [0.15, 0.2) is 5.82 Å². The summed E-state index contributed by atoms with van der Waals surface area (Å²) in [5.41, 5.74) is 2.88. The van der Waals surface area contributed by atoms with Gasteiger partial charge >= 0.3 is 0 Å². The molecule has 136 valence electrons. The van der Waals surface area contributed by atoms with Gasteiger partial charge in [-0.1, -0.05) is 52.0 Å². The van der Waals surface area contributed by atoms with Crippen LogP contribution in [0.2, 0.25) is 0 Å². The minimum atomic E-state index is -0.0983. The average Bonchev–Trinajstić information content (AvgIpc) is 3.10. The van der Waals surface area contributed by atoms with Crippen LogP contribution in [0.1, 0.15) is 59.7 Å². The number of rotatable bonds is 6. The van der Waals surface area contributed by atoms with Crippen LogP contribution in [0.15, 0.2) is 24.3 Å². The quantitative estimate of drug-likeness (QED) is 0.859. The minimum Gasteiger partial charge on any atom is -0.390 e. The highest BCUT2D eigenvalue weighted by Gasteiger charge is 2.18. The van der Waals surface area contributed by atoms with Crippen molar-refractivity contribution in [2.75, 3.05) is 18.0 Å². The van der Waals surface area contributed by atoms with Gasteiger partial charge in [-0.15, -0.1) is 5.10 Å². The Morgan fingerprint density at radius 1 is 0.958 bits per heavy atom. The molecule has 5 nitrogen and oxygen atoms in total. The van der Waals surface area contributed by atoms with Gasteiger partial charge in [0, 0.05) is 13.1 Å². The Hall–Kier alpha value is -1.88. The lowest BCUT2D eigenvalue weighted by molar-refractivity contribution is 0.277. The molecule has 2 aromatic rings. The fraction of sp³-hybridized carbons (Fsp3) is 0.579. The molecule has 0 aliphatic carbocycles. The van der Waals surface area contributed by atoms with Crippen molar-refractivity contribution in [1.29, 1.82) is 0 Å². The molecule has 1 N–H and O–H groups in total. The first-order chi connectivity index (χ1) is 11.7. The van der Waals surface area contributed by atoms with Crippen LogP contribution in [0.25, 0.3) is 5.69 Å². The van der Waals surface area contributed by atoms with Gasteiger partial charge in [-0.2, -0.15) is 4.68 Å². The van der Waals surface area contributed by atoms with E-state index in [0.29, 0.717) is 5.69 Å². The van der Waals surface area contributed by atoms with Crippen LogP contribution >= 0.6 is 0 Å². The first-order valence-electron chi connectivity index (χ1n) is 9.14. The van der Waals surface area contributed by atoms with E-state index in [4.69, 9.17) is 0 Å². The highest BCUT2D eigenvalue weighted by Crippen LogP contribution is 2.22. The van der Waals surface area contributed by atoms with Crippen molar-refractivity contribution in [1.82, 2.24) is 15.0 Å². The number of aliphatic hydroxyl groups excluding tert-OH is 1. The Balaban J connectivity index is 0.00000123. The van der Waals surface area contributed by atoms with Gasteiger partial charge in [-0.25, -0.2) is 0 Å². The normalized spacial score (nSPS) is 9.50. The molecule has 0 radical (unpaired) electrons. The fourth-order valence-electron chi connectivity index (χ4n) is 2.30. The smallest absolute Gasteiger partial charge is 0.158 e. The lowest BCUT2D eigenvalue weighted by Crippen LogP contribution is -2.25. The number of nitrogens with zero attached hydrogens (tertiary/aromatic N) is 4. The van der Waals surface area contributed by atoms with E-state index >= 15 is 0 Å². The summed E-state index contributed by atoms with van der Waals surface area (Å²) >= 11 is 0. The largest absolute Gasteiger partial charge is 0.390 e. The first kappa shape index (κ1) is 22.1. The van der Waals surface area contributed by atoms with Crippen LogP contribution < -0.4 is 4.90 Å². The number of anilines is 1. The van der Waals surface area contributed by atoms with Gasteiger partial charge in [-0.3, -0.25) is 0 Å². The highest BCUT2D eigenvalue weighted by atomic mass is 16.3. The number of aliphatic hydroxyl groups is 1. The van der Waals surface area contributed by atoms with Crippen molar-refractivity contribution in [3.05, 3.63) is 35.5 Å². The third-order valence-electron chi connectivity index (χ3n) is 3.52. The third-order valence-corrected chi connectivity index (χ3v) is 3.52. The number of aryl methyl sites for hydroxylation is 1. The molecule has 0 spiro atoms. The standard InChI is InChI=1S/C15H22N4O.2C2H6/c1-4-12-7-9-13(10-8-12)19-15(18(5-2)6-3)14(11-20)16-17-19;2*1-2/h7-10,20H,4-6,11H2,1-3H3;2*1-2H3. The molecule has 5 heteroatoms. The minimum absolute atomic E-state index is 0.0983. The van der Waals surface area contributed by atoms with Crippen LogP contribution in [-0.2, 0) is 13.0 Å². The summed E-state index contributed by atoms with van der Waals surface area (Å²) < 4.78 is 1.80. The van der Waals surface area contributed by atoms with Crippen molar-refractivity contribution in [3.63, 3.8) is 0 Å². The van der Waals surface area contributed by atoms with Crippen LogP contribution in [0.5, 0.6) is 0 Å². The maximum atomic E-state index is 9.46. The average molecular weight is 335 g/mol. The Bertz CT molecular complexity index is 545. The van der Waals surface area contributed by atoms with Crippen molar-refractivity contribution < 1.29 is 5.11 Å². The SMILES string of the molecule is CC.CC.CCc1ccc(-n2nnc(CO)c2N(CC)CC)cc1. The van der Waals surface area contributed by atoms with Crippen molar-refractivity contribution in [3.8, 4) is 5.69 Å². The molecule has 1 aromatic carbocycles. The topological polar surface area (TPSA) is 54.2 Å². The highest BCUT2D eigenvalue weighted by molar-refractivity contribution is 5.50. The van der Waals surface area contributed by atoms with E-state index < -0.39 is 0 Å². The van der Waals surface area contributed by atoms with E-state index in [1.807, 2.05) is 39.8 Å². The Morgan fingerprint density at radius 3 is 1.92 bits per heavy atom. The Kier molecular flexibility index (Phi) is 11.5. The zero-order valence-electron chi connectivity index (χ0n) is 16.4. The Labute approximate surface area is 147 Å². The number of hydrogen-bond donors (Lipinski definition) is 1. The summed E-state index contributed by atoms with van der Waals surface area (Å²) in [6.07, 6.45) is 1.02. The third kappa shape index (κ3) is 5.34. The molecule has 0 saturated carbocycles. The molecule has 1 aromatic heterocycles. The summed E-state index contributed by atoms with van der Waals surface area (Å²) in [5, 5.41) is 17.7. The molecular formula is C19H34N4O. The zero-order chi connectivity index (χ0) is 18.5. The molecule has 0 aliphatic heterocycles. The van der Waals surface area contributed by atoms with Crippen LogP contribution in [-0.4, -0.2) is 33.2 Å². The molecule has 0 atom stereocenters. The lowest BCUT2D eigenvalue weighted by Gasteiger charge is -2.22. The molecule has 0 aliphatic rings. The fourth-order valence-corrected chi connectivity index (χ4v) is 2.30. The van der Waals surface area contributed by atoms with E-state index in [2.05, 4.69) is 48.1 Å². The molecule has 2 rings (SSSR count). The molecule has 1 heterocycles. The van der Waals surface area contributed by atoms with Crippen LogP contribution in [0.4, 0.5) is 5.82 Å². The summed E-state index contributed by atoms with van der Waals surface area (Å²) in [5.74, 6) is 0.877. The molecular weight excluding hydrogens is 300 g/mol. The molecule has 0 unspecified atom stereocenters. The van der Waals surface area contributed by atoms with Crippen molar-refractivity contribution in [2.45, 2.75) is 61.5 Å². The maximum absolute atomic E-state index is 9.46. The van der Waals surface area contributed by atoms with Crippen molar-refractivity contribution in [2.24, 2.45) is 0 Å². The second-order valence-electron chi connectivity index (χ2n) is 4.62. The lowest BCUT2D eigenvalue weighted by atomic mass is 10.1. The van der Waals surface area contributed by atoms with E-state index in [9.17, 15) is 5.11 Å². The molecule has 0 amide bonds. The van der Waals surface area contributed by atoms with Gasteiger partial charge < -0.3 is 10.0 Å². The van der Waals surface area contributed by atoms with Crippen LogP contribution in [0.3, 0.4) is 0 Å². The van der Waals surface area contributed by atoms with Crippen molar-refractivity contribution >= 4 is 5.82 Å². The summed E-state index contributed by atoms with van der Waals surface area (Å²) in [7, 11) is 0. The summed E-state index contributed by atoms with van der Waals surface area (Å²) in [6.45, 7) is 15.9. The monoisotopic (exact) mass is 334 g/mol.